The Balaban J connectivity index is 1.93. The van der Waals surface area contributed by atoms with Gasteiger partial charge >= 0.3 is 5.97 Å². The van der Waals surface area contributed by atoms with Gasteiger partial charge in [0.15, 0.2) is 0 Å². The number of ether oxygens (including phenoxy) is 1. The molecule has 1 aromatic carbocycles. The van der Waals surface area contributed by atoms with Gasteiger partial charge in [-0.3, -0.25) is 9.69 Å². The van der Waals surface area contributed by atoms with Gasteiger partial charge in [-0.2, -0.15) is 0 Å². The second kappa shape index (κ2) is 7.30. The van der Waals surface area contributed by atoms with Crippen LogP contribution in [0.3, 0.4) is 0 Å². The summed E-state index contributed by atoms with van der Waals surface area (Å²) < 4.78 is 4.97. The fourth-order valence-corrected chi connectivity index (χ4v) is 2.64. The molecule has 1 aliphatic rings. The third kappa shape index (κ3) is 4.65. The summed E-state index contributed by atoms with van der Waals surface area (Å²) in [5, 5.41) is 1.32. The number of esters is 1. The average molecular weight is 316 g/mol. The normalized spacial score (nSPS) is 14.6. The Morgan fingerprint density at radius 2 is 2.15 bits per heavy atom. The summed E-state index contributed by atoms with van der Waals surface area (Å²) in [4.78, 5) is 13.8. The molecule has 0 unspecified atom stereocenters. The SMILES string of the molecule is CCOC(=O)CCN(Cc1ccc(Cl)cc1Cl)C1CC1. The molecular weight excluding hydrogens is 297 g/mol. The number of halogens is 2. The Morgan fingerprint density at radius 3 is 2.75 bits per heavy atom. The molecule has 0 N–H and O–H groups in total. The fourth-order valence-electron chi connectivity index (χ4n) is 2.17. The lowest BCUT2D eigenvalue weighted by molar-refractivity contribution is -0.143. The predicted molar refractivity (Wildman–Crippen MR) is 81.1 cm³/mol. The van der Waals surface area contributed by atoms with Crippen molar-refractivity contribution >= 4 is 29.2 Å². The number of carbonyl (C=O) groups excluding carboxylic acids is 1. The van der Waals surface area contributed by atoms with Crippen LogP contribution in [0.4, 0.5) is 0 Å². The van der Waals surface area contributed by atoms with Gasteiger partial charge in [-0.15, -0.1) is 0 Å². The highest BCUT2D eigenvalue weighted by Gasteiger charge is 2.29. The van der Waals surface area contributed by atoms with Gasteiger partial charge in [0, 0.05) is 29.2 Å². The molecule has 0 aliphatic heterocycles. The van der Waals surface area contributed by atoms with Crippen LogP contribution in [0, 0.1) is 0 Å². The van der Waals surface area contributed by atoms with Crippen molar-refractivity contribution in [3.05, 3.63) is 33.8 Å². The van der Waals surface area contributed by atoms with E-state index >= 15 is 0 Å². The van der Waals surface area contributed by atoms with E-state index in [1.165, 1.54) is 12.8 Å². The molecule has 5 heteroatoms. The van der Waals surface area contributed by atoms with Gasteiger partial charge in [-0.05, 0) is 37.5 Å². The number of nitrogens with zero attached hydrogens (tertiary/aromatic N) is 1. The first-order valence-electron chi connectivity index (χ1n) is 6.93. The van der Waals surface area contributed by atoms with E-state index in [0.717, 1.165) is 12.1 Å². The molecule has 1 aliphatic carbocycles. The molecule has 0 bridgehead atoms. The summed E-state index contributed by atoms with van der Waals surface area (Å²) in [5.41, 5.74) is 1.05. The van der Waals surface area contributed by atoms with E-state index in [-0.39, 0.29) is 5.97 Å². The van der Waals surface area contributed by atoms with Gasteiger partial charge in [0.2, 0.25) is 0 Å². The number of rotatable bonds is 7. The molecule has 20 heavy (non-hydrogen) atoms. The maximum Gasteiger partial charge on any atom is 0.307 e. The van der Waals surface area contributed by atoms with Crippen molar-refractivity contribution in [3.8, 4) is 0 Å². The van der Waals surface area contributed by atoms with Crippen molar-refractivity contribution < 1.29 is 9.53 Å². The summed E-state index contributed by atoms with van der Waals surface area (Å²) in [6.45, 7) is 3.72. The van der Waals surface area contributed by atoms with Crippen molar-refractivity contribution in [2.45, 2.75) is 38.8 Å². The van der Waals surface area contributed by atoms with Crippen LogP contribution >= 0.6 is 23.2 Å². The van der Waals surface area contributed by atoms with Crippen LogP contribution in [0.15, 0.2) is 18.2 Å². The maximum absolute atomic E-state index is 11.5. The molecule has 0 atom stereocenters. The third-order valence-corrected chi connectivity index (χ3v) is 3.95. The van der Waals surface area contributed by atoms with Crippen LogP contribution in [0.2, 0.25) is 10.0 Å². The first-order valence-corrected chi connectivity index (χ1v) is 7.69. The van der Waals surface area contributed by atoms with Gasteiger partial charge in [0.05, 0.1) is 13.0 Å². The zero-order valence-corrected chi connectivity index (χ0v) is 13.1. The average Bonchev–Trinajstić information content (AvgIpc) is 3.21. The van der Waals surface area contributed by atoms with Gasteiger partial charge in [-0.25, -0.2) is 0 Å². The predicted octanol–water partition coefficient (Wildman–Crippen LogP) is 3.91. The lowest BCUT2D eigenvalue weighted by Crippen LogP contribution is -2.28. The van der Waals surface area contributed by atoms with Crippen LogP contribution in [0.5, 0.6) is 0 Å². The van der Waals surface area contributed by atoms with Crippen molar-refractivity contribution in [3.63, 3.8) is 0 Å². The molecule has 110 valence electrons. The number of benzene rings is 1. The van der Waals surface area contributed by atoms with Gasteiger partial charge < -0.3 is 4.74 Å². The van der Waals surface area contributed by atoms with Crippen LogP contribution < -0.4 is 0 Å². The molecule has 1 fully saturated rings. The lowest BCUT2D eigenvalue weighted by Gasteiger charge is -2.22. The van der Waals surface area contributed by atoms with Crippen molar-refractivity contribution in [1.29, 1.82) is 0 Å². The first kappa shape index (κ1) is 15.6. The number of hydrogen-bond acceptors (Lipinski definition) is 3. The Bertz CT molecular complexity index is 475. The zero-order chi connectivity index (χ0) is 14.5. The molecule has 0 spiro atoms. The standard InChI is InChI=1S/C15H19Cl2NO2/c1-2-20-15(19)7-8-18(13-5-6-13)10-11-3-4-12(16)9-14(11)17/h3-4,9,13H,2,5-8,10H2,1H3. The summed E-state index contributed by atoms with van der Waals surface area (Å²) in [6, 6.07) is 6.12. The molecule has 2 rings (SSSR count). The molecule has 3 nitrogen and oxygen atoms in total. The van der Waals surface area contributed by atoms with Crippen LogP contribution in [0.1, 0.15) is 31.7 Å². The van der Waals surface area contributed by atoms with Crippen molar-refractivity contribution in [2.75, 3.05) is 13.2 Å². The quantitative estimate of drug-likeness (QED) is 0.714. The minimum absolute atomic E-state index is 0.139. The second-order valence-electron chi connectivity index (χ2n) is 4.99. The van der Waals surface area contributed by atoms with Crippen LogP contribution in [-0.4, -0.2) is 30.1 Å². The molecule has 1 saturated carbocycles. The highest BCUT2D eigenvalue weighted by atomic mass is 35.5. The van der Waals surface area contributed by atoms with E-state index in [9.17, 15) is 4.79 Å². The van der Waals surface area contributed by atoms with Crippen molar-refractivity contribution in [1.82, 2.24) is 4.90 Å². The molecule has 0 heterocycles. The van der Waals surface area contributed by atoms with E-state index in [0.29, 0.717) is 35.7 Å². The molecule has 0 aromatic heterocycles. The largest absolute Gasteiger partial charge is 0.466 e. The Labute approximate surface area is 129 Å². The minimum atomic E-state index is -0.139. The van der Waals surface area contributed by atoms with Crippen LogP contribution in [-0.2, 0) is 16.1 Å². The van der Waals surface area contributed by atoms with Gasteiger partial charge in [-0.1, -0.05) is 29.3 Å². The number of carbonyl (C=O) groups is 1. The summed E-state index contributed by atoms with van der Waals surface area (Å²) in [7, 11) is 0. The van der Waals surface area contributed by atoms with Crippen LogP contribution in [0.25, 0.3) is 0 Å². The smallest absolute Gasteiger partial charge is 0.307 e. The van der Waals surface area contributed by atoms with E-state index in [1.807, 2.05) is 19.1 Å². The Hall–Kier alpha value is -0.770. The fraction of sp³-hybridized carbons (Fsp3) is 0.533. The molecule has 0 radical (unpaired) electrons. The molecule has 1 aromatic rings. The highest BCUT2D eigenvalue weighted by molar-refractivity contribution is 6.35. The minimum Gasteiger partial charge on any atom is -0.466 e. The van der Waals surface area contributed by atoms with Gasteiger partial charge in [0.1, 0.15) is 0 Å². The third-order valence-electron chi connectivity index (χ3n) is 3.36. The summed E-state index contributed by atoms with van der Waals surface area (Å²) in [5.74, 6) is -0.139. The summed E-state index contributed by atoms with van der Waals surface area (Å²) >= 11 is 12.1. The second-order valence-corrected chi connectivity index (χ2v) is 5.84. The zero-order valence-electron chi connectivity index (χ0n) is 11.6. The monoisotopic (exact) mass is 315 g/mol. The van der Waals surface area contributed by atoms with E-state index in [2.05, 4.69) is 4.90 Å². The van der Waals surface area contributed by atoms with Gasteiger partial charge in [0.25, 0.3) is 0 Å². The topological polar surface area (TPSA) is 29.5 Å². The number of hydrogen-bond donors (Lipinski definition) is 0. The molecular formula is C15H19Cl2NO2. The summed E-state index contributed by atoms with van der Waals surface area (Å²) in [6.07, 6.45) is 2.80. The van der Waals surface area contributed by atoms with Crippen molar-refractivity contribution in [2.24, 2.45) is 0 Å². The first-order chi connectivity index (χ1) is 9.60. The van der Waals surface area contributed by atoms with E-state index in [4.69, 9.17) is 27.9 Å². The Kier molecular flexibility index (Phi) is 5.70. The molecule has 0 saturated heterocycles. The highest BCUT2D eigenvalue weighted by Crippen LogP contribution is 2.30. The van der Waals surface area contributed by atoms with E-state index < -0.39 is 0 Å². The van der Waals surface area contributed by atoms with E-state index in [1.54, 1.807) is 6.07 Å². The maximum atomic E-state index is 11.5. The Morgan fingerprint density at radius 1 is 1.40 bits per heavy atom. The molecule has 0 amide bonds. The lowest BCUT2D eigenvalue weighted by atomic mass is 10.2.